The molecule has 1 unspecified atom stereocenters. The van der Waals surface area contributed by atoms with E-state index in [1.54, 1.807) is 0 Å². The number of anilines is 1. The summed E-state index contributed by atoms with van der Waals surface area (Å²) in [5.74, 6) is 0. The van der Waals surface area contributed by atoms with Crippen molar-refractivity contribution in [3.8, 4) is 0 Å². The van der Waals surface area contributed by atoms with Gasteiger partial charge in [-0.2, -0.15) is 0 Å². The van der Waals surface area contributed by atoms with Gasteiger partial charge in [0.15, 0.2) is 0 Å². The van der Waals surface area contributed by atoms with E-state index in [0.717, 1.165) is 29.4 Å². The standard InChI is InChI=1S/C14H24ClN3/c1-5-18(11(2)10-17(3)4)14-8-13(15)7-6-12(14)9-16/h6-8,11H,5,9-10,16H2,1-4H3. The second-order valence-electron chi connectivity index (χ2n) is 4.87. The third kappa shape index (κ3) is 3.87. The van der Waals surface area contributed by atoms with Gasteiger partial charge in [-0.3, -0.25) is 0 Å². The summed E-state index contributed by atoms with van der Waals surface area (Å²) in [5, 5.41) is 0.762. The van der Waals surface area contributed by atoms with Gasteiger partial charge in [0.2, 0.25) is 0 Å². The number of benzene rings is 1. The Morgan fingerprint density at radius 1 is 1.33 bits per heavy atom. The van der Waals surface area contributed by atoms with Gasteiger partial charge in [-0.1, -0.05) is 17.7 Å². The van der Waals surface area contributed by atoms with Crippen molar-refractivity contribution in [1.82, 2.24) is 4.90 Å². The van der Waals surface area contributed by atoms with Gasteiger partial charge in [-0.05, 0) is 45.6 Å². The minimum atomic E-state index is 0.425. The summed E-state index contributed by atoms with van der Waals surface area (Å²) in [6.07, 6.45) is 0. The van der Waals surface area contributed by atoms with Crippen LogP contribution in [0.1, 0.15) is 19.4 Å². The summed E-state index contributed by atoms with van der Waals surface area (Å²) in [5.41, 5.74) is 8.11. The Bertz CT molecular complexity index is 379. The average molecular weight is 270 g/mol. The normalized spacial score (nSPS) is 12.8. The third-order valence-electron chi connectivity index (χ3n) is 3.08. The molecule has 3 nitrogen and oxygen atoms in total. The molecule has 0 fully saturated rings. The first-order chi connectivity index (χ1) is 8.49. The predicted octanol–water partition coefficient (Wildman–Crippen LogP) is 2.58. The molecule has 1 atom stereocenters. The summed E-state index contributed by atoms with van der Waals surface area (Å²) in [7, 11) is 4.18. The van der Waals surface area contributed by atoms with Crippen molar-refractivity contribution in [2.75, 3.05) is 32.1 Å². The number of hydrogen-bond donors (Lipinski definition) is 1. The molecule has 4 heteroatoms. The number of halogens is 1. The molecule has 0 saturated carbocycles. The van der Waals surface area contributed by atoms with E-state index in [0.29, 0.717) is 12.6 Å². The lowest BCUT2D eigenvalue weighted by molar-refractivity contribution is 0.373. The molecule has 1 aromatic carbocycles. The first-order valence-corrected chi connectivity index (χ1v) is 6.77. The molecule has 1 rings (SSSR count). The summed E-state index contributed by atoms with van der Waals surface area (Å²) >= 11 is 6.11. The van der Waals surface area contributed by atoms with Gasteiger partial charge in [0.25, 0.3) is 0 Å². The fourth-order valence-electron chi connectivity index (χ4n) is 2.32. The molecular formula is C14H24ClN3. The number of likely N-dealkylation sites (N-methyl/N-ethyl adjacent to an activating group) is 2. The minimum absolute atomic E-state index is 0.425. The van der Waals surface area contributed by atoms with E-state index in [-0.39, 0.29) is 0 Å². The van der Waals surface area contributed by atoms with Gasteiger partial charge in [-0.15, -0.1) is 0 Å². The molecule has 0 radical (unpaired) electrons. The van der Waals surface area contributed by atoms with E-state index < -0.39 is 0 Å². The van der Waals surface area contributed by atoms with Crippen LogP contribution in [0.2, 0.25) is 5.02 Å². The first kappa shape index (κ1) is 15.3. The fourth-order valence-corrected chi connectivity index (χ4v) is 2.49. The highest BCUT2D eigenvalue weighted by molar-refractivity contribution is 6.30. The zero-order valence-electron chi connectivity index (χ0n) is 11.8. The van der Waals surface area contributed by atoms with E-state index in [4.69, 9.17) is 17.3 Å². The number of hydrogen-bond acceptors (Lipinski definition) is 3. The van der Waals surface area contributed by atoms with Crippen molar-refractivity contribution in [3.63, 3.8) is 0 Å². The second-order valence-corrected chi connectivity index (χ2v) is 5.31. The van der Waals surface area contributed by atoms with Crippen LogP contribution in [-0.4, -0.2) is 38.1 Å². The highest BCUT2D eigenvalue weighted by atomic mass is 35.5. The third-order valence-corrected chi connectivity index (χ3v) is 3.31. The molecule has 102 valence electrons. The van der Waals surface area contributed by atoms with Crippen LogP contribution in [0, 0.1) is 0 Å². The maximum atomic E-state index is 6.11. The van der Waals surface area contributed by atoms with Crippen LogP contribution in [0.15, 0.2) is 18.2 Å². The first-order valence-electron chi connectivity index (χ1n) is 6.39. The van der Waals surface area contributed by atoms with Crippen LogP contribution in [0.25, 0.3) is 0 Å². The Hall–Kier alpha value is -0.770. The van der Waals surface area contributed by atoms with Gasteiger partial charge < -0.3 is 15.5 Å². The van der Waals surface area contributed by atoms with Crippen molar-refractivity contribution in [1.29, 1.82) is 0 Å². The fraction of sp³-hybridized carbons (Fsp3) is 0.571. The largest absolute Gasteiger partial charge is 0.368 e. The predicted molar refractivity (Wildman–Crippen MR) is 80.4 cm³/mol. The zero-order valence-corrected chi connectivity index (χ0v) is 12.5. The van der Waals surface area contributed by atoms with Crippen molar-refractivity contribution in [2.45, 2.75) is 26.4 Å². The highest BCUT2D eigenvalue weighted by Crippen LogP contribution is 2.26. The Morgan fingerprint density at radius 3 is 2.50 bits per heavy atom. The lowest BCUT2D eigenvalue weighted by Gasteiger charge is -2.33. The van der Waals surface area contributed by atoms with Crippen LogP contribution in [0.5, 0.6) is 0 Å². The number of nitrogens with zero attached hydrogens (tertiary/aromatic N) is 2. The second kappa shape index (κ2) is 6.98. The van der Waals surface area contributed by atoms with Gasteiger partial charge in [0, 0.05) is 36.4 Å². The molecule has 0 aliphatic heterocycles. The molecular weight excluding hydrogens is 246 g/mol. The van der Waals surface area contributed by atoms with E-state index >= 15 is 0 Å². The van der Waals surface area contributed by atoms with Crippen LogP contribution >= 0.6 is 11.6 Å². The molecule has 0 saturated heterocycles. The number of rotatable bonds is 6. The zero-order chi connectivity index (χ0) is 13.7. The molecule has 0 spiro atoms. The molecule has 0 bridgehead atoms. The van der Waals surface area contributed by atoms with Gasteiger partial charge in [-0.25, -0.2) is 0 Å². The van der Waals surface area contributed by atoms with Crippen molar-refractivity contribution < 1.29 is 0 Å². The van der Waals surface area contributed by atoms with Gasteiger partial charge in [0.05, 0.1) is 0 Å². The Labute approximate surface area is 116 Å². The van der Waals surface area contributed by atoms with Gasteiger partial charge in [0.1, 0.15) is 0 Å². The van der Waals surface area contributed by atoms with Crippen molar-refractivity contribution in [2.24, 2.45) is 5.73 Å². The maximum absolute atomic E-state index is 6.11. The van der Waals surface area contributed by atoms with Crippen molar-refractivity contribution in [3.05, 3.63) is 28.8 Å². The molecule has 2 N–H and O–H groups in total. The average Bonchev–Trinajstić information content (AvgIpc) is 2.29. The summed E-state index contributed by atoms with van der Waals surface area (Å²) < 4.78 is 0. The molecule has 0 heterocycles. The Kier molecular flexibility index (Phi) is 5.93. The molecule has 18 heavy (non-hydrogen) atoms. The Morgan fingerprint density at radius 2 is 2.00 bits per heavy atom. The van der Waals surface area contributed by atoms with E-state index in [1.165, 1.54) is 0 Å². The lowest BCUT2D eigenvalue weighted by Crippen LogP contribution is -2.40. The topological polar surface area (TPSA) is 32.5 Å². The molecule has 1 aromatic rings. The SMILES string of the molecule is CCN(c1cc(Cl)ccc1CN)C(C)CN(C)C. The number of nitrogens with two attached hydrogens (primary N) is 1. The highest BCUT2D eigenvalue weighted by Gasteiger charge is 2.16. The lowest BCUT2D eigenvalue weighted by atomic mass is 10.1. The molecule has 0 aliphatic rings. The van der Waals surface area contributed by atoms with Gasteiger partial charge >= 0.3 is 0 Å². The smallest absolute Gasteiger partial charge is 0.0429 e. The minimum Gasteiger partial charge on any atom is -0.368 e. The summed E-state index contributed by atoms with van der Waals surface area (Å²) in [6, 6.07) is 6.36. The van der Waals surface area contributed by atoms with Crippen LogP contribution in [0.3, 0.4) is 0 Å². The Balaban J connectivity index is 3.03. The molecule has 0 aromatic heterocycles. The van der Waals surface area contributed by atoms with Crippen LogP contribution in [0.4, 0.5) is 5.69 Å². The summed E-state index contributed by atoms with van der Waals surface area (Å²) in [4.78, 5) is 4.55. The summed E-state index contributed by atoms with van der Waals surface area (Å²) in [6.45, 7) is 6.88. The van der Waals surface area contributed by atoms with Crippen molar-refractivity contribution >= 4 is 17.3 Å². The molecule has 0 aliphatic carbocycles. The van der Waals surface area contributed by atoms with E-state index in [9.17, 15) is 0 Å². The van der Waals surface area contributed by atoms with Crippen LogP contribution < -0.4 is 10.6 Å². The molecule has 0 amide bonds. The van der Waals surface area contributed by atoms with E-state index in [2.05, 4.69) is 37.7 Å². The van der Waals surface area contributed by atoms with Crippen LogP contribution in [-0.2, 0) is 6.54 Å². The maximum Gasteiger partial charge on any atom is 0.0429 e. The van der Waals surface area contributed by atoms with E-state index in [1.807, 2.05) is 18.2 Å². The quantitative estimate of drug-likeness (QED) is 0.862. The monoisotopic (exact) mass is 269 g/mol.